The average molecular weight is 288 g/mol. The lowest BCUT2D eigenvalue weighted by molar-refractivity contribution is -0.131. The molecule has 0 aromatic heterocycles. The Morgan fingerprint density at radius 1 is 1.38 bits per heavy atom. The van der Waals surface area contributed by atoms with Crippen molar-refractivity contribution in [2.75, 3.05) is 26.2 Å². The van der Waals surface area contributed by atoms with Gasteiger partial charge in [0.25, 0.3) is 0 Å². The van der Waals surface area contributed by atoms with Gasteiger partial charge in [0.15, 0.2) is 0 Å². The number of carbonyl (C=O) groups is 1. The minimum Gasteiger partial charge on any atom is -0.478 e. The molecule has 1 saturated heterocycles. The molecule has 4 heteroatoms. The highest BCUT2D eigenvalue weighted by atomic mass is 16.4. The fraction of sp³-hybridized carbons (Fsp3) is 0.471. The lowest BCUT2D eigenvalue weighted by Crippen LogP contribution is -2.51. The Morgan fingerprint density at radius 2 is 2.14 bits per heavy atom. The van der Waals surface area contributed by atoms with Crippen LogP contribution < -0.4 is 0 Å². The molecule has 21 heavy (non-hydrogen) atoms. The third-order valence-electron chi connectivity index (χ3n) is 4.11. The highest BCUT2D eigenvalue weighted by Crippen LogP contribution is 2.17. The molecule has 0 bridgehead atoms. The second-order valence-electron chi connectivity index (χ2n) is 5.58. The zero-order chi connectivity index (χ0) is 15.2. The highest BCUT2D eigenvalue weighted by molar-refractivity contribution is 5.85. The lowest BCUT2D eigenvalue weighted by Gasteiger charge is -2.39. The molecule has 0 radical (unpaired) electrons. The maximum Gasteiger partial charge on any atom is 0.328 e. The first-order valence-electron chi connectivity index (χ1n) is 7.55. The molecule has 0 saturated carbocycles. The number of piperazine rings is 1. The van der Waals surface area contributed by atoms with Crippen molar-refractivity contribution in [1.82, 2.24) is 9.80 Å². The number of nitrogens with zero attached hydrogens (tertiary/aromatic N) is 2. The van der Waals surface area contributed by atoms with Crippen molar-refractivity contribution in [3.63, 3.8) is 0 Å². The van der Waals surface area contributed by atoms with Gasteiger partial charge in [-0.05, 0) is 30.7 Å². The van der Waals surface area contributed by atoms with E-state index >= 15 is 0 Å². The van der Waals surface area contributed by atoms with Crippen LogP contribution in [0.5, 0.6) is 0 Å². The van der Waals surface area contributed by atoms with Gasteiger partial charge in [-0.25, -0.2) is 4.79 Å². The molecule has 0 spiro atoms. The molecule has 1 aromatic carbocycles. The molecule has 1 aliphatic rings. The molecule has 1 atom stereocenters. The third-order valence-corrected chi connectivity index (χ3v) is 4.11. The van der Waals surface area contributed by atoms with Crippen LogP contribution in [0.3, 0.4) is 0 Å². The third kappa shape index (κ3) is 4.41. The summed E-state index contributed by atoms with van der Waals surface area (Å²) >= 11 is 0. The van der Waals surface area contributed by atoms with Crippen LogP contribution in [0.1, 0.15) is 25.0 Å². The van der Waals surface area contributed by atoms with Crippen LogP contribution in [0.25, 0.3) is 6.08 Å². The highest BCUT2D eigenvalue weighted by Gasteiger charge is 2.22. The van der Waals surface area contributed by atoms with Gasteiger partial charge in [-0.1, -0.05) is 31.2 Å². The average Bonchev–Trinajstić information content (AvgIpc) is 2.46. The fourth-order valence-corrected chi connectivity index (χ4v) is 2.93. The van der Waals surface area contributed by atoms with Crippen molar-refractivity contribution in [3.8, 4) is 0 Å². The molecule has 0 aliphatic carbocycles. The van der Waals surface area contributed by atoms with Crippen LogP contribution in [0, 0.1) is 0 Å². The Kier molecular flexibility index (Phi) is 5.53. The number of likely N-dealkylation sites (N-methyl/N-ethyl adjacent to an activating group) is 1. The van der Waals surface area contributed by atoms with Gasteiger partial charge in [0.1, 0.15) is 0 Å². The number of benzene rings is 1. The lowest BCUT2D eigenvalue weighted by atomic mass is 10.1. The number of hydrogen-bond acceptors (Lipinski definition) is 3. The molecular weight excluding hydrogens is 264 g/mol. The molecule has 1 heterocycles. The van der Waals surface area contributed by atoms with E-state index < -0.39 is 5.97 Å². The zero-order valence-corrected chi connectivity index (χ0v) is 12.8. The van der Waals surface area contributed by atoms with Crippen LogP contribution in [0.4, 0.5) is 0 Å². The van der Waals surface area contributed by atoms with E-state index in [2.05, 4.69) is 29.7 Å². The van der Waals surface area contributed by atoms with Crippen molar-refractivity contribution in [2.24, 2.45) is 0 Å². The predicted molar refractivity (Wildman–Crippen MR) is 85.1 cm³/mol. The number of carboxylic acids is 1. The topological polar surface area (TPSA) is 43.8 Å². The van der Waals surface area contributed by atoms with E-state index in [1.54, 1.807) is 6.08 Å². The second-order valence-corrected chi connectivity index (χ2v) is 5.58. The summed E-state index contributed by atoms with van der Waals surface area (Å²) in [6.07, 6.45) is 2.89. The Balaban J connectivity index is 2.05. The summed E-state index contributed by atoms with van der Waals surface area (Å²) in [7, 11) is 0. The molecule has 2 rings (SSSR count). The Bertz CT molecular complexity index is 513. The van der Waals surface area contributed by atoms with E-state index in [9.17, 15) is 4.79 Å². The molecule has 0 amide bonds. The first-order valence-corrected chi connectivity index (χ1v) is 7.55. The predicted octanol–water partition coefficient (Wildman–Crippen LogP) is 2.31. The molecule has 1 unspecified atom stereocenters. The van der Waals surface area contributed by atoms with Gasteiger partial charge >= 0.3 is 5.97 Å². The molecule has 4 nitrogen and oxygen atoms in total. The van der Waals surface area contributed by atoms with Crippen LogP contribution in [0.15, 0.2) is 30.3 Å². The van der Waals surface area contributed by atoms with Crippen LogP contribution in [0.2, 0.25) is 0 Å². The zero-order valence-electron chi connectivity index (χ0n) is 12.8. The maximum atomic E-state index is 10.7. The molecule has 1 aliphatic heterocycles. The Hall–Kier alpha value is -1.65. The van der Waals surface area contributed by atoms with Crippen molar-refractivity contribution in [1.29, 1.82) is 0 Å². The number of hydrogen-bond donors (Lipinski definition) is 1. The maximum absolute atomic E-state index is 10.7. The minimum absolute atomic E-state index is 0.575. The van der Waals surface area contributed by atoms with Crippen molar-refractivity contribution < 1.29 is 9.90 Å². The first kappa shape index (κ1) is 15.7. The van der Waals surface area contributed by atoms with Gasteiger partial charge in [0.05, 0.1) is 0 Å². The van der Waals surface area contributed by atoms with Crippen LogP contribution >= 0.6 is 0 Å². The van der Waals surface area contributed by atoms with Crippen molar-refractivity contribution in [2.45, 2.75) is 26.4 Å². The summed E-state index contributed by atoms with van der Waals surface area (Å²) in [5.74, 6) is -0.907. The van der Waals surface area contributed by atoms with E-state index in [0.717, 1.165) is 38.3 Å². The first-order chi connectivity index (χ1) is 10.1. The normalized spacial score (nSPS) is 21.0. The summed E-state index contributed by atoms with van der Waals surface area (Å²) in [6, 6.07) is 8.59. The van der Waals surface area contributed by atoms with Crippen molar-refractivity contribution >= 4 is 12.0 Å². The van der Waals surface area contributed by atoms with Gasteiger partial charge < -0.3 is 5.11 Å². The molecule has 1 fully saturated rings. The Morgan fingerprint density at radius 3 is 2.81 bits per heavy atom. The van der Waals surface area contributed by atoms with Crippen LogP contribution in [-0.4, -0.2) is 53.1 Å². The quantitative estimate of drug-likeness (QED) is 0.845. The fourth-order valence-electron chi connectivity index (χ4n) is 2.93. The summed E-state index contributed by atoms with van der Waals surface area (Å²) in [4.78, 5) is 15.6. The van der Waals surface area contributed by atoms with Gasteiger partial charge in [-0.3, -0.25) is 9.80 Å². The smallest absolute Gasteiger partial charge is 0.328 e. The minimum atomic E-state index is -0.907. The molecule has 114 valence electrons. The van der Waals surface area contributed by atoms with Gasteiger partial charge in [0.2, 0.25) is 0 Å². The number of carboxylic acid groups (broad SMARTS) is 1. The standard InChI is InChI=1S/C17H24N2O2/c1-3-19-11-10-18(12-14(19)2)13-16-7-5-4-6-15(16)8-9-17(20)21/h4-9,14H,3,10-13H2,1-2H3,(H,20,21). The molecule has 1 N–H and O–H groups in total. The summed E-state index contributed by atoms with van der Waals surface area (Å²) in [5.41, 5.74) is 2.18. The Labute approximate surface area is 126 Å². The number of rotatable bonds is 5. The van der Waals surface area contributed by atoms with E-state index in [1.165, 1.54) is 11.6 Å². The largest absolute Gasteiger partial charge is 0.478 e. The summed E-state index contributed by atoms with van der Waals surface area (Å²) in [5, 5.41) is 8.78. The van der Waals surface area contributed by atoms with E-state index in [1.807, 2.05) is 18.2 Å². The van der Waals surface area contributed by atoms with Crippen molar-refractivity contribution in [3.05, 3.63) is 41.5 Å². The SMILES string of the molecule is CCN1CCN(Cc2ccccc2C=CC(=O)O)CC1C. The number of aliphatic carboxylic acids is 1. The summed E-state index contributed by atoms with van der Waals surface area (Å²) < 4.78 is 0. The van der Waals surface area contributed by atoms with Gasteiger partial charge in [0, 0.05) is 38.3 Å². The van der Waals surface area contributed by atoms with E-state index in [0.29, 0.717) is 6.04 Å². The van der Waals surface area contributed by atoms with E-state index in [-0.39, 0.29) is 0 Å². The molecular formula is C17H24N2O2. The second kappa shape index (κ2) is 7.38. The monoisotopic (exact) mass is 288 g/mol. The summed E-state index contributed by atoms with van der Waals surface area (Å²) in [6.45, 7) is 9.68. The molecule has 1 aromatic rings. The van der Waals surface area contributed by atoms with Gasteiger partial charge in [-0.15, -0.1) is 0 Å². The van der Waals surface area contributed by atoms with Crippen LogP contribution in [-0.2, 0) is 11.3 Å². The van der Waals surface area contributed by atoms with Gasteiger partial charge in [-0.2, -0.15) is 0 Å². The van der Waals surface area contributed by atoms with E-state index in [4.69, 9.17) is 5.11 Å².